The maximum absolute atomic E-state index is 10.5. The van der Waals surface area contributed by atoms with Gasteiger partial charge >= 0.3 is 7.82 Å². The van der Waals surface area contributed by atoms with Gasteiger partial charge in [0, 0.05) is 19.6 Å². The molecular weight excluding hydrogens is 357 g/mol. The molecule has 2 fully saturated rings. The molecule has 0 aromatic heterocycles. The molecule has 0 amide bonds. The van der Waals surface area contributed by atoms with E-state index in [1.165, 1.54) is 32.1 Å². The molecule has 2 aliphatic rings. The van der Waals surface area contributed by atoms with Crippen molar-refractivity contribution in [3.05, 3.63) is 0 Å². The predicted molar refractivity (Wildman–Crippen MR) is 102 cm³/mol. The van der Waals surface area contributed by atoms with Gasteiger partial charge in [-0.15, -0.1) is 0 Å². The quantitative estimate of drug-likeness (QED) is 0.505. The number of morpholine rings is 1. The van der Waals surface area contributed by atoms with Crippen molar-refractivity contribution in [2.45, 2.75) is 52.0 Å². The minimum Gasteiger partial charge on any atom is -0.379 e. The van der Waals surface area contributed by atoms with Crippen molar-refractivity contribution in [2.24, 2.45) is 9.98 Å². The molecule has 26 heavy (non-hydrogen) atoms. The highest BCUT2D eigenvalue weighted by Gasteiger charge is 2.17. The number of rotatable bonds is 8. The maximum atomic E-state index is 10.5. The second-order valence-electron chi connectivity index (χ2n) is 6.16. The SMILES string of the molecule is C(=NCCN1CCOCC1)=NC1CCCCC1.CCOP(=O)(O)OCC. The number of nitrogens with zero attached hydrogens (tertiary/aromatic N) is 3. The Labute approximate surface area is 157 Å². The maximum Gasteiger partial charge on any atom is 0.472 e. The van der Waals surface area contributed by atoms with Crippen LogP contribution < -0.4 is 0 Å². The standard InChI is InChI=1S/C13H23N3O.C4H11O4P/c1-2-4-13(5-3-1)15-12-14-6-7-16-8-10-17-11-9-16;1-3-7-9(5,6)8-4-2/h13H,1-11H2;3-4H2,1-2H3,(H,5,6). The third-order valence-corrected chi connectivity index (χ3v) is 5.27. The number of hydrogen-bond donors (Lipinski definition) is 1. The number of hydrogen-bond acceptors (Lipinski definition) is 7. The van der Waals surface area contributed by atoms with Crippen LogP contribution in [-0.2, 0) is 18.3 Å². The highest BCUT2D eigenvalue weighted by molar-refractivity contribution is 7.47. The minimum absolute atomic E-state index is 0.188. The van der Waals surface area contributed by atoms with Crippen LogP contribution in [0.4, 0.5) is 0 Å². The van der Waals surface area contributed by atoms with Gasteiger partial charge in [-0.2, -0.15) is 0 Å². The van der Waals surface area contributed by atoms with Gasteiger partial charge in [0.25, 0.3) is 0 Å². The summed E-state index contributed by atoms with van der Waals surface area (Å²) in [6, 6.07) is 3.38. The lowest BCUT2D eigenvalue weighted by atomic mass is 9.96. The molecule has 0 aromatic rings. The van der Waals surface area contributed by atoms with E-state index in [1.807, 2.05) is 0 Å². The Balaban J connectivity index is 0.000000321. The summed E-state index contributed by atoms with van der Waals surface area (Å²) in [7, 11) is -3.69. The fourth-order valence-corrected chi connectivity index (χ4v) is 3.49. The van der Waals surface area contributed by atoms with E-state index in [1.54, 1.807) is 13.8 Å². The summed E-state index contributed by atoms with van der Waals surface area (Å²) in [4.78, 5) is 19.7. The smallest absolute Gasteiger partial charge is 0.379 e. The van der Waals surface area contributed by atoms with E-state index < -0.39 is 7.82 Å². The van der Waals surface area contributed by atoms with E-state index in [2.05, 4.69) is 29.9 Å². The molecule has 0 bridgehead atoms. The first-order valence-corrected chi connectivity index (χ1v) is 11.1. The number of phosphoric acid groups is 1. The molecule has 152 valence electrons. The molecule has 1 heterocycles. The summed E-state index contributed by atoms with van der Waals surface area (Å²) in [5.74, 6) is 0. The molecule has 2 rings (SSSR count). The van der Waals surface area contributed by atoms with Crippen LogP contribution in [0.15, 0.2) is 9.98 Å². The minimum atomic E-state index is -3.69. The summed E-state index contributed by atoms with van der Waals surface area (Å²) in [5.41, 5.74) is 0. The molecule has 1 saturated heterocycles. The Morgan fingerprint density at radius 3 is 2.35 bits per heavy atom. The normalized spacial score (nSPS) is 19.2. The Morgan fingerprint density at radius 2 is 1.77 bits per heavy atom. The molecule has 1 aliphatic carbocycles. The Bertz CT molecular complexity index is 449. The van der Waals surface area contributed by atoms with Gasteiger partial charge in [-0.25, -0.2) is 14.5 Å². The molecule has 0 unspecified atom stereocenters. The highest BCUT2D eigenvalue weighted by Crippen LogP contribution is 2.42. The van der Waals surface area contributed by atoms with Crippen molar-refractivity contribution in [3.8, 4) is 0 Å². The number of aliphatic imine (C=N–C) groups is 2. The summed E-state index contributed by atoms with van der Waals surface area (Å²) in [6.45, 7) is 9.25. The van der Waals surface area contributed by atoms with Crippen LogP contribution in [0.1, 0.15) is 46.0 Å². The van der Waals surface area contributed by atoms with Gasteiger partial charge in [0.15, 0.2) is 0 Å². The highest BCUT2D eigenvalue weighted by atomic mass is 31.2. The lowest BCUT2D eigenvalue weighted by Gasteiger charge is -2.25. The molecule has 0 atom stereocenters. The van der Waals surface area contributed by atoms with Crippen molar-refractivity contribution >= 4 is 13.8 Å². The molecule has 1 N–H and O–H groups in total. The van der Waals surface area contributed by atoms with E-state index in [0.29, 0.717) is 6.04 Å². The summed E-state index contributed by atoms with van der Waals surface area (Å²) in [6.07, 6.45) is 6.48. The predicted octanol–water partition coefficient (Wildman–Crippen LogP) is 2.99. The van der Waals surface area contributed by atoms with E-state index in [4.69, 9.17) is 9.63 Å². The monoisotopic (exact) mass is 391 g/mol. The summed E-state index contributed by atoms with van der Waals surface area (Å²) < 4.78 is 24.5. The zero-order valence-electron chi connectivity index (χ0n) is 16.1. The largest absolute Gasteiger partial charge is 0.472 e. The van der Waals surface area contributed by atoms with Crippen LogP contribution >= 0.6 is 7.82 Å². The topological polar surface area (TPSA) is 93.0 Å². The second kappa shape index (κ2) is 14.5. The van der Waals surface area contributed by atoms with Crippen LogP contribution in [0.5, 0.6) is 0 Å². The van der Waals surface area contributed by atoms with Crippen molar-refractivity contribution in [3.63, 3.8) is 0 Å². The van der Waals surface area contributed by atoms with Crippen molar-refractivity contribution in [2.75, 3.05) is 52.6 Å². The van der Waals surface area contributed by atoms with Gasteiger partial charge in [0.1, 0.15) is 0 Å². The van der Waals surface area contributed by atoms with Crippen molar-refractivity contribution < 1.29 is 23.2 Å². The van der Waals surface area contributed by atoms with Crippen LogP contribution in [0.25, 0.3) is 0 Å². The van der Waals surface area contributed by atoms with Gasteiger partial charge in [-0.1, -0.05) is 19.3 Å². The van der Waals surface area contributed by atoms with Gasteiger partial charge in [0.05, 0.1) is 45.0 Å². The zero-order valence-corrected chi connectivity index (χ0v) is 17.0. The van der Waals surface area contributed by atoms with Crippen molar-refractivity contribution in [1.29, 1.82) is 0 Å². The van der Waals surface area contributed by atoms with Gasteiger partial charge < -0.3 is 9.63 Å². The Kier molecular flexibility index (Phi) is 13.0. The van der Waals surface area contributed by atoms with E-state index in [0.717, 1.165) is 39.4 Å². The molecular formula is C17H34N3O5P. The first-order chi connectivity index (χ1) is 12.6. The third-order valence-electron chi connectivity index (χ3n) is 4.10. The first-order valence-electron chi connectivity index (χ1n) is 9.60. The molecule has 8 nitrogen and oxygen atoms in total. The zero-order chi connectivity index (χ0) is 19.1. The summed E-state index contributed by atoms with van der Waals surface area (Å²) >= 11 is 0. The first kappa shape index (κ1) is 23.4. The second-order valence-corrected chi connectivity index (χ2v) is 7.61. The van der Waals surface area contributed by atoms with Crippen LogP contribution in [0.2, 0.25) is 0 Å². The van der Waals surface area contributed by atoms with E-state index >= 15 is 0 Å². The van der Waals surface area contributed by atoms with Gasteiger partial charge in [-0.05, 0) is 26.7 Å². The molecule has 1 aliphatic heterocycles. The van der Waals surface area contributed by atoms with Crippen molar-refractivity contribution in [1.82, 2.24) is 4.90 Å². The lowest BCUT2D eigenvalue weighted by molar-refractivity contribution is 0.0395. The molecule has 9 heteroatoms. The average Bonchev–Trinajstić information content (AvgIpc) is 2.64. The van der Waals surface area contributed by atoms with Gasteiger partial charge in [-0.3, -0.25) is 13.9 Å². The molecule has 0 radical (unpaired) electrons. The van der Waals surface area contributed by atoms with Gasteiger partial charge in [0.2, 0.25) is 0 Å². The number of ether oxygens (including phenoxy) is 1. The fraction of sp³-hybridized carbons (Fsp3) is 0.941. The van der Waals surface area contributed by atoms with Crippen LogP contribution in [-0.4, -0.2) is 74.5 Å². The summed E-state index contributed by atoms with van der Waals surface area (Å²) in [5, 5.41) is 0. The molecule has 0 aromatic carbocycles. The van der Waals surface area contributed by atoms with Crippen LogP contribution in [0, 0.1) is 0 Å². The number of phosphoric ester groups is 1. The lowest BCUT2D eigenvalue weighted by Crippen LogP contribution is -2.37. The third kappa shape index (κ3) is 11.9. The van der Waals surface area contributed by atoms with E-state index in [-0.39, 0.29) is 13.2 Å². The Morgan fingerprint density at radius 1 is 1.15 bits per heavy atom. The average molecular weight is 391 g/mol. The molecule has 0 spiro atoms. The van der Waals surface area contributed by atoms with E-state index in [9.17, 15) is 4.57 Å². The Hall–Kier alpha value is -0.590. The fourth-order valence-electron chi connectivity index (χ4n) is 2.76. The molecule has 1 saturated carbocycles. The van der Waals surface area contributed by atoms with Crippen LogP contribution in [0.3, 0.4) is 0 Å².